The van der Waals surface area contributed by atoms with Crippen molar-refractivity contribution in [2.45, 2.75) is 20.1 Å². The van der Waals surface area contributed by atoms with Gasteiger partial charge in [-0.3, -0.25) is 9.78 Å². The Kier molecular flexibility index (Phi) is 6.40. The lowest BCUT2D eigenvalue weighted by Crippen LogP contribution is -2.22. The highest BCUT2D eigenvalue weighted by atomic mass is 35.5. The SMILES string of the molecule is CCn1c(OCc2cc(Cl)ccn2)cc(=O)c(C(=O)O)c1-c1ccc(C#N)c(Cl)c1. The lowest BCUT2D eigenvalue weighted by atomic mass is 10.0. The minimum Gasteiger partial charge on any atom is -0.477 e. The number of benzene rings is 1. The van der Waals surface area contributed by atoms with Crippen LogP contribution in [0.15, 0.2) is 47.4 Å². The number of nitriles is 1. The molecule has 0 fully saturated rings. The molecule has 0 radical (unpaired) electrons. The zero-order chi connectivity index (χ0) is 21.8. The smallest absolute Gasteiger partial charge is 0.341 e. The minimum atomic E-state index is -1.37. The van der Waals surface area contributed by atoms with Crippen LogP contribution >= 0.6 is 23.2 Å². The summed E-state index contributed by atoms with van der Waals surface area (Å²) in [6, 6.07) is 10.8. The average molecular weight is 444 g/mol. The standard InChI is InChI=1S/C21H15Cl2N3O4/c1-2-26-18(30-11-15-8-14(22)5-6-25-15)9-17(27)19(21(28)29)20(26)12-3-4-13(10-24)16(23)7-12/h3-9H,2,11H2,1H3,(H,28,29). The Morgan fingerprint density at radius 2 is 2.03 bits per heavy atom. The van der Waals surface area contributed by atoms with Gasteiger partial charge >= 0.3 is 5.97 Å². The molecule has 0 saturated carbocycles. The Morgan fingerprint density at radius 1 is 1.27 bits per heavy atom. The molecule has 1 aromatic carbocycles. The predicted octanol–water partition coefficient (Wildman–Crippen LogP) is 4.39. The Balaban J connectivity index is 2.16. The summed E-state index contributed by atoms with van der Waals surface area (Å²) in [7, 11) is 0. The van der Waals surface area contributed by atoms with E-state index < -0.39 is 17.0 Å². The number of rotatable bonds is 6. The first-order valence-electron chi connectivity index (χ1n) is 8.80. The van der Waals surface area contributed by atoms with Crippen molar-refractivity contribution in [3.05, 3.63) is 79.7 Å². The highest BCUT2D eigenvalue weighted by molar-refractivity contribution is 6.32. The van der Waals surface area contributed by atoms with Crippen molar-refractivity contribution in [3.63, 3.8) is 0 Å². The number of carboxylic acid groups (broad SMARTS) is 1. The molecule has 0 aliphatic heterocycles. The molecule has 0 unspecified atom stereocenters. The van der Waals surface area contributed by atoms with Crippen molar-refractivity contribution in [1.29, 1.82) is 5.26 Å². The fourth-order valence-electron chi connectivity index (χ4n) is 2.99. The van der Waals surface area contributed by atoms with Gasteiger partial charge in [-0.15, -0.1) is 0 Å². The van der Waals surface area contributed by atoms with Crippen LogP contribution in [0.5, 0.6) is 5.88 Å². The fraction of sp³-hybridized carbons (Fsp3) is 0.143. The number of pyridine rings is 2. The summed E-state index contributed by atoms with van der Waals surface area (Å²) in [5.41, 5.74) is 0.173. The van der Waals surface area contributed by atoms with E-state index in [0.29, 0.717) is 22.8 Å². The van der Waals surface area contributed by atoms with Crippen LogP contribution in [0.2, 0.25) is 10.0 Å². The lowest BCUT2D eigenvalue weighted by molar-refractivity contribution is 0.0695. The molecule has 0 aliphatic rings. The molecule has 1 N–H and O–H groups in total. The van der Waals surface area contributed by atoms with Crippen molar-refractivity contribution >= 4 is 29.2 Å². The van der Waals surface area contributed by atoms with Gasteiger partial charge in [0.1, 0.15) is 18.2 Å². The third-order valence-corrected chi connectivity index (χ3v) is 4.86. The quantitative estimate of drug-likeness (QED) is 0.605. The number of carbonyl (C=O) groups is 1. The zero-order valence-electron chi connectivity index (χ0n) is 15.7. The number of hydrogen-bond acceptors (Lipinski definition) is 5. The third-order valence-electron chi connectivity index (χ3n) is 4.31. The van der Waals surface area contributed by atoms with Crippen molar-refractivity contribution in [2.24, 2.45) is 0 Å². The Hall–Kier alpha value is -3.34. The van der Waals surface area contributed by atoms with E-state index in [0.717, 1.165) is 6.07 Å². The van der Waals surface area contributed by atoms with E-state index in [9.17, 15) is 14.7 Å². The first kappa shape index (κ1) is 21.4. The molecule has 0 bridgehead atoms. The molecule has 152 valence electrons. The van der Waals surface area contributed by atoms with Gasteiger partial charge in [0.2, 0.25) is 5.43 Å². The zero-order valence-corrected chi connectivity index (χ0v) is 17.2. The molecule has 3 rings (SSSR count). The van der Waals surface area contributed by atoms with Crippen LogP contribution in [0, 0.1) is 11.3 Å². The summed E-state index contributed by atoms with van der Waals surface area (Å²) in [6.45, 7) is 2.13. The van der Waals surface area contributed by atoms with Gasteiger partial charge in [0.25, 0.3) is 0 Å². The molecule has 7 nitrogen and oxygen atoms in total. The monoisotopic (exact) mass is 443 g/mol. The number of ether oxygens (including phenoxy) is 1. The van der Waals surface area contributed by atoms with Crippen molar-refractivity contribution in [1.82, 2.24) is 9.55 Å². The molecule has 9 heteroatoms. The van der Waals surface area contributed by atoms with Crippen LogP contribution in [0.4, 0.5) is 0 Å². The maximum absolute atomic E-state index is 12.6. The van der Waals surface area contributed by atoms with Crippen molar-refractivity contribution in [2.75, 3.05) is 0 Å². The van der Waals surface area contributed by atoms with E-state index >= 15 is 0 Å². The van der Waals surface area contributed by atoms with Crippen LogP contribution in [0.1, 0.15) is 28.5 Å². The van der Waals surface area contributed by atoms with Crippen molar-refractivity contribution in [3.8, 4) is 23.2 Å². The largest absolute Gasteiger partial charge is 0.477 e. The second-order valence-corrected chi connectivity index (χ2v) is 7.02. The van der Waals surface area contributed by atoms with Gasteiger partial charge in [0.05, 0.1) is 22.0 Å². The predicted molar refractivity (Wildman–Crippen MR) is 112 cm³/mol. The summed E-state index contributed by atoms with van der Waals surface area (Å²) in [6.07, 6.45) is 1.53. The van der Waals surface area contributed by atoms with Crippen LogP contribution in [0.25, 0.3) is 11.3 Å². The maximum atomic E-state index is 12.6. The van der Waals surface area contributed by atoms with Gasteiger partial charge in [-0.25, -0.2) is 4.79 Å². The highest BCUT2D eigenvalue weighted by Gasteiger charge is 2.23. The molecular weight excluding hydrogens is 429 g/mol. The second-order valence-electron chi connectivity index (χ2n) is 6.18. The number of carboxylic acids is 1. The van der Waals surface area contributed by atoms with Gasteiger partial charge in [0.15, 0.2) is 5.88 Å². The number of halogens is 2. The molecule has 0 atom stereocenters. The highest BCUT2D eigenvalue weighted by Crippen LogP contribution is 2.30. The fourth-order valence-corrected chi connectivity index (χ4v) is 3.40. The normalized spacial score (nSPS) is 10.5. The summed E-state index contributed by atoms with van der Waals surface area (Å²) < 4.78 is 7.35. The van der Waals surface area contributed by atoms with E-state index in [2.05, 4.69) is 4.98 Å². The van der Waals surface area contributed by atoms with E-state index in [1.54, 1.807) is 29.7 Å². The number of nitrogens with zero attached hydrogens (tertiary/aromatic N) is 3. The van der Waals surface area contributed by atoms with Crippen LogP contribution < -0.4 is 10.2 Å². The first-order chi connectivity index (χ1) is 14.3. The Morgan fingerprint density at radius 3 is 2.63 bits per heavy atom. The van der Waals surface area contributed by atoms with Crippen molar-refractivity contribution < 1.29 is 14.6 Å². The van der Waals surface area contributed by atoms with Gasteiger partial charge < -0.3 is 14.4 Å². The van der Waals surface area contributed by atoms with Crippen LogP contribution in [-0.4, -0.2) is 20.6 Å². The molecular formula is C21H15Cl2N3O4. The second kappa shape index (κ2) is 8.99. The molecule has 2 heterocycles. The summed E-state index contributed by atoms with van der Waals surface area (Å²) >= 11 is 12.1. The summed E-state index contributed by atoms with van der Waals surface area (Å²) in [4.78, 5) is 28.6. The molecule has 2 aromatic heterocycles. The summed E-state index contributed by atoms with van der Waals surface area (Å²) in [5.74, 6) is -1.20. The molecule has 30 heavy (non-hydrogen) atoms. The minimum absolute atomic E-state index is 0.0278. The topological polar surface area (TPSA) is 105 Å². The molecule has 0 aliphatic carbocycles. The molecule has 3 aromatic rings. The van der Waals surface area contributed by atoms with Gasteiger partial charge in [0, 0.05) is 29.4 Å². The molecule has 0 amide bonds. The maximum Gasteiger partial charge on any atom is 0.341 e. The van der Waals surface area contributed by atoms with E-state index in [1.165, 1.54) is 18.3 Å². The Labute approximate surface area is 181 Å². The van der Waals surface area contributed by atoms with E-state index in [-0.39, 0.29) is 28.8 Å². The Bertz CT molecular complexity index is 1230. The van der Waals surface area contributed by atoms with Crippen LogP contribution in [-0.2, 0) is 13.2 Å². The summed E-state index contributed by atoms with van der Waals surface area (Å²) in [5, 5.41) is 19.4. The average Bonchev–Trinajstić information content (AvgIpc) is 2.71. The van der Waals surface area contributed by atoms with Gasteiger partial charge in [-0.2, -0.15) is 5.26 Å². The molecule has 0 saturated heterocycles. The third kappa shape index (κ3) is 4.30. The van der Waals surface area contributed by atoms with E-state index in [4.69, 9.17) is 33.2 Å². The molecule has 0 spiro atoms. The first-order valence-corrected chi connectivity index (χ1v) is 9.55. The van der Waals surface area contributed by atoms with Gasteiger partial charge in [-0.1, -0.05) is 29.3 Å². The lowest BCUT2D eigenvalue weighted by Gasteiger charge is -2.20. The number of hydrogen-bond donors (Lipinski definition) is 1. The van der Waals surface area contributed by atoms with E-state index in [1.807, 2.05) is 6.07 Å². The number of aromatic nitrogens is 2. The number of aromatic carboxylic acids is 1. The van der Waals surface area contributed by atoms with Crippen LogP contribution in [0.3, 0.4) is 0 Å². The van der Waals surface area contributed by atoms with Gasteiger partial charge in [-0.05, 0) is 31.2 Å².